The summed E-state index contributed by atoms with van der Waals surface area (Å²) >= 11 is 3.10. The third-order valence-electron chi connectivity index (χ3n) is 2.54. The fraction of sp³-hybridized carbons (Fsp3) is 0.385. The topological polar surface area (TPSA) is 78.4 Å². The van der Waals surface area contributed by atoms with E-state index >= 15 is 0 Å². The molecule has 0 spiro atoms. The summed E-state index contributed by atoms with van der Waals surface area (Å²) in [6, 6.07) is 4.36. The van der Waals surface area contributed by atoms with Crippen molar-refractivity contribution in [3.05, 3.63) is 34.1 Å². The van der Waals surface area contributed by atoms with E-state index in [1.807, 2.05) is 0 Å². The van der Waals surface area contributed by atoms with Crippen LogP contribution in [0, 0.1) is 5.82 Å². The Hall–Kier alpha value is -1.63. The normalized spacial score (nSPS) is 10.1. The maximum Gasteiger partial charge on any atom is 0.314 e. The number of urea groups is 1. The van der Waals surface area contributed by atoms with Gasteiger partial charge in [-0.3, -0.25) is 4.79 Å². The van der Waals surface area contributed by atoms with E-state index in [-0.39, 0.29) is 18.3 Å². The van der Waals surface area contributed by atoms with E-state index in [9.17, 15) is 14.0 Å². The molecule has 0 atom stereocenters. The van der Waals surface area contributed by atoms with Gasteiger partial charge in [-0.2, -0.15) is 0 Å². The highest BCUT2D eigenvalue weighted by Gasteiger charge is 2.03. The molecule has 0 heterocycles. The molecule has 0 saturated heterocycles. The standard InChI is InChI=1S/C13H16BrFN2O3/c14-10-8-9(3-4-11(10)15)5-7-17-13(20)16-6-1-2-12(18)19/h3-4,8H,1-2,5-7H2,(H,18,19)(H2,16,17,20). The zero-order valence-corrected chi connectivity index (χ0v) is 12.4. The molecule has 2 amide bonds. The third-order valence-corrected chi connectivity index (χ3v) is 3.14. The van der Waals surface area contributed by atoms with Crippen molar-refractivity contribution in [1.29, 1.82) is 0 Å². The van der Waals surface area contributed by atoms with Crippen LogP contribution in [0.4, 0.5) is 9.18 Å². The van der Waals surface area contributed by atoms with Crippen LogP contribution in [0.2, 0.25) is 0 Å². The Kier molecular flexibility index (Phi) is 7.00. The van der Waals surface area contributed by atoms with E-state index in [0.29, 0.717) is 30.4 Å². The predicted octanol–water partition coefficient (Wildman–Crippen LogP) is 2.29. The van der Waals surface area contributed by atoms with Gasteiger partial charge >= 0.3 is 12.0 Å². The Morgan fingerprint density at radius 2 is 1.95 bits per heavy atom. The Labute approximate surface area is 124 Å². The van der Waals surface area contributed by atoms with Crippen LogP contribution in [0.5, 0.6) is 0 Å². The number of hydrogen-bond donors (Lipinski definition) is 3. The summed E-state index contributed by atoms with van der Waals surface area (Å²) in [5, 5.41) is 13.6. The van der Waals surface area contributed by atoms with Crippen LogP contribution in [0.1, 0.15) is 18.4 Å². The lowest BCUT2D eigenvalue weighted by molar-refractivity contribution is -0.137. The number of aliphatic carboxylic acids is 1. The molecule has 0 unspecified atom stereocenters. The van der Waals surface area contributed by atoms with E-state index in [4.69, 9.17) is 5.11 Å². The van der Waals surface area contributed by atoms with Gasteiger partial charge in [0.25, 0.3) is 0 Å². The van der Waals surface area contributed by atoms with Crippen molar-refractivity contribution >= 4 is 27.9 Å². The molecule has 0 aliphatic heterocycles. The number of hydrogen-bond acceptors (Lipinski definition) is 2. The molecule has 5 nitrogen and oxygen atoms in total. The van der Waals surface area contributed by atoms with Crippen molar-refractivity contribution in [2.24, 2.45) is 0 Å². The number of carboxylic acids is 1. The highest BCUT2D eigenvalue weighted by Crippen LogP contribution is 2.16. The van der Waals surface area contributed by atoms with Gasteiger partial charge in [-0.1, -0.05) is 6.07 Å². The second-order valence-electron chi connectivity index (χ2n) is 4.18. The summed E-state index contributed by atoms with van der Waals surface area (Å²) in [7, 11) is 0. The van der Waals surface area contributed by atoms with Crippen molar-refractivity contribution in [2.45, 2.75) is 19.3 Å². The smallest absolute Gasteiger partial charge is 0.314 e. The molecule has 1 rings (SSSR count). The quantitative estimate of drug-likeness (QED) is 0.663. The number of nitrogens with one attached hydrogen (secondary N) is 2. The van der Waals surface area contributed by atoms with E-state index in [1.165, 1.54) is 6.07 Å². The van der Waals surface area contributed by atoms with Crippen molar-refractivity contribution in [3.8, 4) is 0 Å². The lowest BCUT2D eigenvalue weighted by atomic mass is 10.1. The lowest BCUT2D eigenvalue weighted by Gasteiger charge is -2.07. The fourth-order valence-corrected chi connectivity index (χ4v) is 1.95. The first-order chi connectivity index (χ1) is 9.49. The SMILES string of the molecule is O=C(O)CCCNC(=O)NCCc1ccc(F)c(Br)c1. The zero-order valence-electron chi connectivity index (χ0n) is 10.8. The van der Waals surface area contributed by atoms with Crippen LogP contribution in [0.3, 0.4) is 0 Å². The van der Waals surface area contributed by atoms with Crippen LogP contribution in [0.25, 0.3) is 0 Å². The van der Waals surface area contributed by atoms with E-state index in [1.54, 1.807) is 12.1 Å². The van der Waals surface area contributed by atoms with E-state index in [2.05, 4.69) is 26.6 Å². The molecule has 0 bridgehead atoms. The molecule has 1 aromatic carbocycles. The molecule has 0 aliphatic carbocycles. The lowest BCUT2D eigenvalue weighted by Crippen LogP contribution is -2.37. The number of carbonyl (C=O) groups is 2. The number of carboxylic acid groups (broad SMARTS) is 1. The van der Waals surface area contributed by atoms with Gasteiger partial charge < -0.3 is 15.7 Å². The van der Waals surface area contributed by atoms with Crippen LogP contribution in [-0.4, -0.2) is 30.2 Å². The van der Waals surface area contributed by atoms with Gasteiger partial charge in [0.15, 0.2) is 0 Å². The number of carbonyl (C=O) groups excluding carboxylic acids is 1. The summed E-state index contributed by atoms with van der Waals surface area (Å²) < 4.78 is 13.4. The molecule has 0 saturated carbocycles. The largest absolute Gasteiger partial charge is 0.481 e. The van der Waals surface area contributed by atoms with Crippen LogP contribution in [0.15, 0.2) is 22.7 Å². The number of benzene rings is 1. The van der Waals surface area contributed by atoms with Gasteiger partial charge in [0.2, 0.25) is 0 Å². The summed E-state index contributed by atoms with van der Waals surface area (Å²) in [6.45, 7) is 0.739. The second kappa shape index (κ2) is 8.52. The van der Waals surface area contributed by atoms with Crippen LogP contribution in [-0.2, 0) is 11.2 Å². The maximum atomic E-state index is 13.0. The van der Waals surface area contributed by atoms with Gasteiger partial charge in [0.05, 0.1) is 4.47 Å². The maximum absolute atomic E-state index is 13.0. The van der Waals surface area contributed by atoms with Gasteiger partial charge in [-0.25, -0.2) is 9.18 Å². The monoisotopic (exact) mass is 346 g/mol. The molecular formula is C13H16BrFN2O3. The Morgan fingerprint density at radius 3 is 2.60 bits per heavy atom. The molecule has 7 heteroatoms. The molecule has 0 radical (unpaired) electrons. The Bertz CT molecular complexity index is 483. The Balaban J connectivity index is 2.18. The van der Waals surface area contributed by atoms with Crippen molar-refractivity contribution in [1.82, 2.24) is 10.6 Å². The minimum absolute atomic E-state index is 0.0316. The van der Waals surface area contributed by atoms with E-state index < -0.39 is 5.97 Å². The highest BCUT2D eigenvalue weighted by atomic mass is 79.9. The average molecular weight is 347 g/mol. The zero-order chi connectivity index (χ0) is 15.0. The summed E-state index contributed by atoms with van der Waals surface area (Å²) in [5.74, 6) is -1.20. The minimum atomic E-state index is -0.880. The molecule has 1 aromatic rings. The van der Waals surface area contributed by atoms with Crippen LogP contribution < -0.4 is 10.6 Å². The fourth-order valence-electron chi connectivity index (χ4n) is 1.52. The van der Waals surface area contributed by atoms with Crippen LogP contribution >= 0.6 is 15.9 Å². The van der Waals surface area contributed by atoms with Crippen molar-refractivity contribution in [2.75, 3.05) is 13.1 Å². The molecule has 0 fully saturated rings. The van der Waals surface area contributed by atoms with Gasteiger partial charge in [0.1, 0.15) is 5.82 Å². The van der Waals surface area contributed by atoms with Gasteiger partial charge in [0, 0.05) is 19.5 Å². The first kappa shape index (κ1) is 16.4. The molecule has 20 heavy (non-hydrogen) atoms. The second-order valence-corrected chi connectivity index (χ2v) is 5.03. The van der Waals surface area contributed by atoms with Gasteiger partial charge in [-0.05, 0) is 46.5 Å². The summed E-state index contributed by atoms with van der Waals surface area (Å²) in [6.07, 6.45) is 1.01. The van der Waals surface area contributed by atoms with Gasteiger partial charge in [-0.15, -0.1) is 0 Å². The molecule has 3 N–H and O–H groups in total. The number of halogens is 2. The predicted molar refractivity (Wildman–Crippen MR) is 76.1 cm³/mol. The highest BCUT2D eigenvalue weighted by molar-refractivity contribution is 9.10. The molecule has 0 aromatic heterocycles. The summed E-state index contributed by atoms with van der Waals surface area (Å²) in [5.41, 5.74) is 0.907. The molecule has 110 valence electrons. The average Bonchev–Trinajstić information content (AvgIpc) is 2.39. The Morgan fingerprint density at radius 1 is 1.25 bits per heavy atom. The third kappa shape index (κ3) is 6.51. The minimum Gasteiger partial charge on any atom is -0.481 e. The first-order valence-corrected chi connectivity index (χ1v) is 6.96. The van der Waals surface area contributed by atoms with E-state index in [0.717, 1.165) is 5.56 Å². The molecule has 0 aliphatic rings. The summed E-state index contributed by atoms with van der Waals surface area (Å²) in [4.78, 5) is 21.6. The van der Waals surface area contributed by atoms with Crippen molar-refractivity contribution < 1.29 is 19.1 Å². The first-order valence-electron chi connectivity index (χ1n) is 6.16. The van der Waals surface area contributed by atoms with Crippen molar-refractivity contribution in [3.63, 3.8) is 0 Å². The molecular weight excluding hydrogens is 331 g/mol. The number of amides is 2. The number of rotatable bonds is 7.